The molecule has 0 fully saturated rings. The van der Waals surface area contributed by atoms with Gasteiger partial charge in [-0.15, -0.1) is 0 Å². The Labute approximate surface area is 58.4 Å². The van der Waals surface area contributed by atoms with Gasteiger partial charge >= 0.3 is 0 Å². The average molecular weight is 132 g/mol. The Balaban J connectivity index is 0. The van der Waals surface area contributed by atoms with Crippen molar-refractivity contribution in [2.75, 3.05) is 0 Å². The van der Waals surface area contributed by atoms with Crippen LogP contribution in [-0.4, -0.2) is 6.04 Å². The van der Waals surface area contributed by atoms with Crippen LogP contribution in [0.4, 0.5) is 0 Å². The SMILES string of the molecule is CCCC(N)CCC.N. The summed E-state index contributed by atoms with van der Waals surface area (Å²) in [5, 5.41) is 0. The first-order chi connectivity index (χ1) is 3.81. The maximum atomic E-state index is 5.69. The summed E-state index contributed by atoms with van der Waals surface area (Å²) in [4.78, 5) is 0. The van der Waals surface area contributed by atoms with Gasteiger partial charge in [-0.05, 0) is 12.8 Å². The van der Waals surface area contributed by atoms with E-state index >= 15 is 0 Å². The van der Waals surface area contributed by atoms with E-state index in [1.807, 2.05) is 0 Å². The van der Waals surface area contributed by atoms with Crippen LogP contribution in [0.1, 0.15) is 39.5 Å². The normalized spacial score (nSPS) is 9.33. The van der Waals surface area contributed by atoms with Gasteiger partial charge in [-0.25, -0.2) is 0 Å². The van der Waals surface area contributed by atoms with E-state index in [1.165, 1.54) is 25.7 Å². The van der Waals surface area contributed by atoms with Crippen molar-refractivity contribution in [1.29, 1.82) is 0 Å². The second kappa shape index (κ2) is 7.92. The van der Waals surface area contributed by atoms with Gasteiger partial charge in [0.2, 0.25) is 0 Å². The minimum atomic E-state index is 0. The van der Waals surface area contributed by atoms with E-state index in [9.17, 15) is 0 Å². The summed E-state index contributed by atoms with van der Waals surface area (Å²) in [5.74, 6) is 0. The Hall–Kier alpha value is -0.0800. The lowest BCUT2D eigenvalue weighted by Gasteiger charge is -2.05. The second-order valence-corrected chi connectivity index (χ2v) is 2.34. The molecule has 9 heavy (non-hydrogen) atoms. The summed E-state index contributed by atoms with van der Waals surface area (Å²) >= 11 is 0. The molecule has 0 amide bonds. The lowest BCUT2D eigenvalue weighted by atomic mass is 10.1. The van der Waals surface area contributed by atoms with E-state index in [4.69, 9.17) is 5.73 Å². The summed E-state index contributed by atoms with van der Waals surface area (Å²) in [5.41, 5.74) is 5.69. The Morgan fingerprint density at radius 2 is 1.44 bits per heavy atom. The van der Waals surface area contributed by atoms with Crippen molar-refractivity contribution in [1.82, 2.24) is 6.15 Å². The number of rotatable bonds is 4. The Morgan fingerprint density at radius 1 is 1.11 bits per heavy atom. The molecule has 0 atom stereocenters. The van der Waals surface area contributed by atoms with Gasteiger partial charge in [-0.1, -0.05) is 26.7 Å². The molecule has 0 rings (SSSR count). The first-order valence-corrected chi connectivity index (χ1v) is 3.56. The molecule has 5 N–H and O–H groups in total. The quantitative estimate of drug-likeness (QED) is 0.615. The number of hydrogen-bond acceptors (Lipinski definition) is 2. The highest BCUT2D eigenvalue weighted by atomic mass is 14.6. The zero-order valence-electron chi connectivity index (χ0n) is 6.69. The molecule has 2 heteroatoms. The van der Waals surface area contributed by atoms with E-state index in [0.29, 0.717) is 6.04 Å². The van der Waals surface area contributed by atoms with E-state index in [1.54, 1.807) is 0 Å². The van der Waals surface area contributed by atoms with E-state index in [2.05, 4.69) is 13.8 Å². The molecule has 0 spiro atoms. The molecule has 0 aromatic heterocycles. The predicted octanol–water partition coefficient (Wildman–Crippen LogP) is 2.08. The van der Waals surface area contributed by atoms with Crippen LogP contribution >= 0.6 is 0 Å². The van der Waals surface area contributed by atoms with Crippen molar-refractivity contribution >= 4 is 0 Å². The standard InChI is InChI=1S/C7H17N.H3N/c1-3-5-7(8)6-4-2;/h7H,3-6,8H2,1-2H3;1H3. The molecule has 0 heterocycles. The molecule has 0 aliphatic rings. The monoisotopic (exact) mass is 132 g/mol. The van der Waals surface area contributed by atoms with Crippen molar-refractivity contribution in [3.63, 3.8) is 0 Å². The number of hydrogen-bond donors (Lipinski definition) is 2. The molecular weight excluding hydrogens is 112 g/mol. The van der Waals surface area contributed by atoms with Crippen LogP contribution in [0.5, 0.6) is 0 Å². The molecule has 2 nitrogen and oxygen atoms in total. The van der Waals surface area contributed by atoms with Crippen molar-refractivity contribution in [2.24, 2.45) is 5.73 Å². The molecule has 0 aromatic rings. The van der Waals surface area contributed by atoms with Crippen LogP contribution in [0.2, 0.25) is 0 Å². The first-order valence-electron chi connectivity index (χ1n) is 3.56. The van der Waals surface area contributed by atoms with Gasteiger partial charge in [-0.3, -0.25) is 0 Å². The molecule has 0 aliphatic heterocycles. The van der Waals surface area contributed by atoms with Gasteiger partial charge in [0, 0.05) is 6.04 Å². The smallest absolute Gasteiger partial charge is 0.00386 e. The maximum Gasteiger partial charge on any atom is 0.00386 e. The molecule has 0 saturated carbocycles. The highest BCUT2D eigenvalue weighted by molar-refractivity contribution is 4.57. The summed E-state index contributed by atoms with van der Waals surface area (Å²) < 4.78 is 0. The summed E-state index contributed by atoms with van der Waals surface area (Å²) in [6.07, 6.45) is 4.82. The highest BCUT2D eigenvalue weighted by Gasteiger charge is 1.95. The Kier molecular flexibility index (Phi) is 10.3. The molecule has 0 aliphatic carbocycles. The Morgan fingerprint density at radius 3 is 1.67 bits per heavy atom. The molecule has 0 radical (unpaired) electrons. The largest absolute Gasteiger partial charge is 0.344 e. The summed E-state index contributed by atoms with van der Waals surface area (Å²) in [6.45, 7) is 4.35. The lowest BCUT2D eigenvalue weighted by Crippen LogP contribution is -2.18. The minimum absolute atomic E-state index is 0. The van der Waals surface area contributed by atoms with Crippen LogP contribution in [0.3, 0.4) is 0 Å². The highest BCUT2D eigenvalue weighted by Crippen LogP contribution is 1.99. The zero-order chi connectivity index (χ0) is 6.41. The van der Waals surface area contributed by atoms with Gasteiger partial charge in [-0.2, -0.15) is 0 Å². The Bertz CT molecular complexity index is 40.2. The molecule has 0 unspecified atom stereocenters. The fraction of sp³-hybridized carbons (Fsp3) is 1.00. The maximum absolute atomic E-state index is 5.69. The van der Waals surface area contributed by atoms with Crippen LogP contribution in [0, 0.1) is 0 Å². The van der Waals surface area contributed by atoms with Crippen molar-refractivity contribution < 1.29 is 0 Å². The van der Waals surface area contributed by atoms with Crippen molar-refractivity contribution in [2.45, 2.75) is 45.6 Å². The van der Waals surface area contributed by atoms with E-state index in [0.717, 1.165) is 0 Å². The fourth-order valence-electron chi connectivity index (χ4n) is 0.886. The number of nitrogens with two attached hydrogens (primary N) is 1. The van der Waals surface area contributed by atoms with Crippen LogP contribution < -0.4 is 11.9 Å². The fourth-order valence-corrected chi connectivity index (χ4v) is 0.886. The third kappa shape index (κ3) is 7.92. The van der Waals surface area contributed by atoms with Crippen molar-refractivity contribution in [3.8, 4) is 0 Å². The van der Waals surface area contributed by atoms with Crippen molar-refractivity contribution in [3.05, 3.63) is 0 Å². The molecular formula is C7H20N2. The topological polar surface area (TPSA) is 61.0 Å². The zero-order valence-corrected chi connectivity index (χ0v) is 6.69. The average Bonchev–Trinajstić information content (AvgIpc) is 1.68. The summed E-state index contributed by atoms with van der Waals surface area (Å²) in [6, 6.07) is 0.463. The van der Waals surface area contributed by atoms with Gasteiger partial charge in [0.15, 0.2) is 0 Å². The second-order valence-electron chi connectivity index (χ2n) is 2.34. The summed E-state index contributed by atoms with van der Waals surface area (Å²) in [7, 11) is 0. The van der Waals surface area contributed by atoms with Crippen LogP contribution in [0.25, 0.3) is 0 Å². The van der Waals surface area contributed by atoms with Gasteiger partial charge in [0.1, 0.15) is 0 Å². The molecule has 0 bridgehead atoms. The van der Waals surface area contributed by atoms with E-state index in [-0.39, 0.29) is 6.15 Å². The molecule has 0 saturated heterocycles. The van der Waals surface area contributed by atoms with Gasteiger partial charge in [0.25, 0.3) is 0 Å². The molecule has 0 aromatic carbocycles. The van der Waals surface area contributed by atoms with E-state index < -0.39 is 0 Å². The van der Waals surface area contributed by atoms with Gasteiger partial charge in [0.05, 0.1) is 0 Å². The first kappa shape index (κ1) is 11.7. The molecule has 58 valence electrons. The third-order valence-electron chi connectivity index (χ3n) is 1.32. The van der Waals surface area contributed by atoms with Crippen LogP contribution in [0.15, 0.2) is 0 Å². The van der Waals surface area contributed by atoms with Crippen LogP contribution in [-0.2, 0) is 0 Å². The predicted molar refractivity (Wildman–Crippen MR) is 42.8 cm³/mol. The minimum Gasteiger partial charge on any atom is -0.344 e. The lowest BCUT2D eigenvalue weighted by molar-refractivity contribution is 0.554. The van der Waals surface area contributed by atoms with Gasteiger partial charge < -0.3 is 11.9 Å². The third-order valence-corrected chi connectivity index (χ3v) is 1.32.